The highest BCUT2D eigenvalue weighted by Crippen LogP contribution is 2.52. The van der Waals surface area contributed by atoms with E-state index in [9.17, 15) is 9.59 Å². The Balaban J connectivity index is 0.00000274. The first-order chi connectivity index (χ1) is 16.1. The van der Waals surface area contributed by atoms with E-state index >= 15 is 0 Å². The predicted octanol–water partition coefficient (Wildman–Crippen LogP) is 3.33. The zero-order valence-electron chi connectivity index (χ0n) is 19.5. The molecule has 4 unspecified atom stereocenters. The summed E-state index contributed by atoms with van der Waals surface area (Å²) in [5.41, 5.74) is 1.15. The lowest BCUT2D eigenvalue weighted by molar-refractivity contribution is -0.140. The SMILES string of the molecule is CN=C(NCCCN1C(=O)C2C3C=CC(C3)C2C1=O)NCc1ccc2cc(OC)ccc2c1.I. The van der Waals surface area contributed by atoms with Crippen LogP contribution in [0.3, 0.4) is 0 Å². The lowest BCUT2D eigenvalue weighted by Gasteiger charge is -2.18. The number of hydrogen-bond acceptors (Lipinski definition) is 4. The summed E-state index contributed by atoms with van der Waals surface area (Å²) in [4.78, 5) is 31.3. The van der Waals surface area contributed by atoms with Crippen LogP contribution in [0.4, 0.5) is 0 Å². The van der Waals surface area contributed by atoms with Gasteiger partial charge in [-0.3, -0.25) is 19.5 Å². The van der Waals surface area contributed by atoms with Crippen molar-refractivity contribution in [2.45, 2.75) is 19.4 Å². The third kappa shape index (κ3) is 4.52. The third-order valence-corrected chi connectivity index (χ3v) is 7.21. The lowest BCUT2D eigenvalue weighted by Crippen LogP contribution is -2.39. The summed E-state index contributed by atoms with van der Waals surface area (Å²) < 4.78 is 5.29. The number of ether oxygens (including phenoxy) is 1. The van der Waals surface area contributed by atoms with Crippen LogP contribution in [0.15, 0.2) is 53.5 Å². The van der Waals surface area contributed by atoms with Gasteiger partial charge in [0, 0.05) is 26.7 Å². The fourth-order valence-electron chi connectivity index (χ4n) is 5.55. The fourth-order valence-corrected chi connectivity index (χ4v) is 5.55. The second-order valence-electron chi connectivity index (χ2n) is 9.08. The smallest absolute Gasteiger partial charge is 0.233 e. The van der Waals surface area contributed by atoms with Gasteiger partial charge in [0.2, 0.25) is 11.8 Å². The van der Waals surface area contributed by atoms with Crippen LogP contribution in [-0.4, -0.2) is 49.9 Å². The van der Waals surface area contributed by atoms with Crippen LogP contribution in [-0.2, 0) is 16.1 Å². The number of fused-ring (bicyclic) bond motifs is 6. The number of halogens is 1. The highest BCUT2D eigenvalue weighted by molar-refractivity contribution is 14.0. The standard InChI is InChI=1S/C26H30N4O3.HI/c1-27-26(29-15-16-4-5-18-14-21(33-2)9-8-17(18)12-16)28-10-3-11-30-24(31)22-19-6-7-20(13-19)23(22)25(30)32;/h4-9,12,14,19-20,22-23H,3,10-11,13,15H2,1-2H3,(H2,27,28,29);1H. The highest BCUT2D eigenvalue weighted by Gasteiger charge is 2.58. The number of carbonyl (C=O) groups is 2. The molecule has 0 spiro atoms. The van der Waals surface area contributed by atoms with E-state index in [1.54, 1.807) is 14.2 Å². The van der Waals surface area contributed by atoms with Gasteiger partial charge in [-0.25, -0.2) is 0 Å². The maximum Gasteiger partial charge on any atom is 0.233 e. The Kier molecular flexibility index (Phi) is 7.45. The number of nitrogens with one attached hydrogen (secondary N) is 2. The number of guanidine groups is 1. The van der Waals surface area contributed by atoms with E-state index in [4.69, 9.17) is 4.74 Å². The van der Waals surface area contributed by atoms with Gasteiger partial charge in [-0.2, -0.15) is 0 Å². The largest absolute Gasteiger partial charge is 0.497 e. The first-order valence-electron chi connectivity index (χ1n) is 11.6. The van der Waals surface area contributed by atoms with E-state index in [0.717, 1.165) is 28.5 Å². The van der Waals surface area contributed by atoms with Crippen molar-refractivity contribution in [2.75, 3.05) is 27.2 Å². The monoisotopic (exact) mass is 574 g/mol. The molecule has 2 aromatic carbocycles. The van der Waals surface area contributed by atoms with Crippen molar-refractivity contribution in [3.8, 4) is 5.75 Å². The summed E-state index contributed by atoms with van der Waals surface area (Å²) in [6.45, 7) is 1.74. The lowest BCUT2D eigenvalue weighted by atomic mass is 9.85. The number of rotatable bonds is 7. The molecule has 180 valence electrons. The van der Waals surface area contributed by atoms with Crippen LogP contribution in [0.1, 0.15) is 18.4 Å². The van der Waals surface area contributed by atoms with Crippen LogP contribution >= 0.6 is 24.0 Å². The van der Waals surface area contributed by atoms with Crippen molar-refractivity contribution in [2.24, 2.45) is 28.7 Å². The molecule has 0 aromatic heterocycles. The van der Waals surface area contributed by atoms with Gasteiger partial charge in [0.05, 0.1) is 18.9 Å². The number of likely N-dealkylation sites (tertiary alicyclic amines) is 1. The van der Waals surface area contributed by atoms with E-state index in [2.05, 4.69) is 52.0 Å². The fraction of sp³-hybridized carbons (Fsp3) is 0.423. The Morgan fingerprint density at radius 1 is 1.03 bits per heavy atom. The molecule has 7 nitrogen and oxygen atoms in total. The minimum Gasteiger partial charge on any atom is -0.497 e. The molecule has 34 heavy (non-hydrogen) atoms. The number of nitrogens with zero attached hydrogens (tertiary/aromatic N) is 2. The quantitative estimate of drug-likeness (QED) is 0.133. The normalized spacial score (nSPS) is 25.0. The van der Waals surface area contributed by atoms with Crippen LogP contribution in [0.25, 0.3) is 10.8 Å². The minimum absolute atomic E-state index is 0. The molecule has 5 rings (SSSR count). The third-order valence-electron chi connectivity index (χ3n) is 7.21. The first kappa shape index (κ1) is 24.5. The van der Waals surface area contributed by atoms with Crippen LogP contribution < -0.4 is 15.4 Å². The average Bonchev–Trinajstić information content (AvgIpc) is 3.52. The summed E-state index contributed by atoms with van der Waals surface area (Å²) in [5, 5.41) is 8.91. The van der Waals surface area contributed by atoms with Gasteiger partial charge in [0.15, 0.2) is 5.96 Å². The van der Waals surface area contributed by atoms with Gasteiger partial charge in [0.25, 0.3) is 0 Å². The van der Waals surface area contributed by atoms with Crippen molar-refractivity contribution < 1.29 is 14.3 Å². The average molecular weight is 574 g/mol. The summed E-state index contributed by atoms with van der Waals surface area (Å²) in [6.07, 6.45) is 5.92. The molecular weight excluding hydrogens is 543 g/mol. The van der Waals surface area contributed by atoms with Gasteiger partial charge in [-0.15, -0.1) is 24.0 Å². The zero-order valence-corrected chi connectivity index (χ0v) is 21.8. The van der Waals surface area contributed by atoms with Gasteiger partial charge < -0.3 is 15.4 Å². The van der Waals surface area contributed by atoms with Gasteiger partial charge in [-0.05, 0) is 59.2 Å². The van der Waals surface area contributed by atoms with Crippen molar-refractivity contribution in [3.63, 3.8) is 0 Å². The molecule has 0 radical (unpaired) electrons. The van der Waals surface area contributed by atoms with Crippen molar-refractivity contribution in [1.29, 1.82) is 0 Å². The molecule has 4 atom stereocenters. The summed E-state index contributed by atoms with van der Waals surface area (Å²) >= 11 is 0. The number of imide groups is 1. The number of allylic oxidation sites excluding steroid dienone is 2. The highest BCUT2D eigenvalue weighted by atomic mass is 127. The Hall–Kier alpha value is -2.62. The molecule has 1 saturated heterocycles. The van der Waals surface area contributed by atoms with Gasteiger partial charge in [0.1, 0.15) is 5.75 Å². The summed E-state index contributed by atoms with van der Waals surface area (Å²) in [5.74, 6) is 1.90. The maximum absolute atomic E-state index is 12.8. The van der Waals surface area contributed by atoms with E-state index < -0.39 is 0 Å². The number of amides is 2. The number of hydrogen-bond donors (Lipinski definition) is 2. The molecule has 1 heterocycles. The molecule has 2 amide bonds. The molecule has 2 fully saturated rings. The molecule has 1 saturated carbocycles. The molecule has 1 aliphatic heterocycles. The second-order valence-corrected chi connectivity index (χ2v) is 9.08. The molecule has 2 aromatic rings. The van der Waals surface area contributed by atoms with Gasteiger partial charge >= 0.3 is 0 Å². The summed E-state index contributed by atoms with van der Waals surface area (Å²) in [6, 6.07) is 12.4. The van der Waals surface area contributed by atoms with Gasteiger partial charge in [-0.1, -0.05) is 30.4 Å². The maximum atomic E-state index is 12.8. The number of aliphatic imine (C=N–C) groups is 1. The van der Waals surface area contributed by atoms with Crippen molar-refractivity contribution >= 4 is 52.5 Å². The van der Waals surface area contributed by atoms with E-state index in [1.807, 2.05) is 12.1 Å². The van der Waals surface area contributed by atoms with E-state index in [0.29, 0.717) is 32.0 Å². The second kappa shape index (κ2) is 10.3. The molecule has 8 heteroatoms. The predicted molar refractivity (Wildman–Crippen MR) is 143 cm³/mol. The zero-order chi connectivity index (χ0) is 22.9. The van der Waals surface area contributed by atoms with Crippen LogP contribution in [0.2, 0.25) is 0 Å². The summed E-state index contributed by atoms with van der Waals surface area (Å²) in [7, 11) is 3.41. The Bertz CT molecular complexity index is 1120. The number of carbonyl (C=O) groups excluding carboxylic acids is 2. The van der Waals surface area contributed by atoms with Crippen molar-refractivity contribution in [3.05, 3.63) is 54.1 Å². The molecule has 2 N–H and O–H groups in total. The first-order valence-corrected chi connectivity index (χ1v) is 11.6. The molecular formula is C26H31IN4O3. The topological polar surface area (TPSA) is 83.0 Å². The minimum atomic E-state index is -0.113. The van der Waals surface area contributed by atoms with E-state index in [1.165, 1.54) is 4.90 Å². The van der Waals surface area contributed by atoms with Crippen LogP contribution in [0.5, 0.6) is 5.75 Å². The molecule has 2 aliphatic carbocycles. The van der Waals surface area contributed by atoms with Crippen molar-refractivity contribution in [1.82, 2.24) is 15.5 Å². The Morgan fingerprint density at radius 3 is 2.38 bits per heavy atom. The molecule has 2 bridgehead atoms. The number of benzene rings is 2. The van der Waals surface area contributed by atoms with Crippen LogP contribution in [0, 0.1) is 23.7 Å². The van der Waals surface area contributed by atoms with E-state index in [-0.39, 0.29) is 59.5 Å². The Morgan fingerprint density at radius 2 is 1.71 bits per heavy atom. The number of methoxy groups -OCH3 is 1. The Labute approximate surface area is 217 Å². The molecule has 3 aliphatic rings.